The van der Waals surface area contributed by atoms with Gasteiger partial charge in [-0.05, 0) is 29.3 Å². The van der Waals surface area contributed by atoms with Crippen molar-refractivity contribution in [3.8, 4) is 5.75 Å². The van der Waals surface area contributed by atoms with Gasteiger partial charge in [0.2, 0.25) is 0 Å². The van der Waals surface area contributed by atoms with E-state index in [1.54, 1.807) is 18.2 Å². The average molecular weight is 354 g/mol. The number of nitrogens with one attached hydrogen (secondary N) is 1. The third-order valence-electron chi connectivity index (χ3n) is 4.17. The van der Waals surface area contributed by atoms with Crippen LogP contribution in [0.2, 0.25) is 5.02 Å². The fourth-order valence-electron chi connectivity index (χ4n) is 2.83. The maximum Gasteiger partial charge on any atom is 0.120 e. The van der Waals surface area contributed by atoms with Crippen molar-refractivity contribution in [2.45, 2.75) is 18.7 Å². The van der Waals surface area contributed by atoms with E-state index >= 15 is 0 Å². The van der Waals surface area contributed by atoms with E-state index in [-0.39, 0.29) is 11.8 Å². The summed E-state index contributed by atoms with van der Waals surface area (Å²) in [7, 11) is 0. The summed E-state index contributed by atoms with van der Waals surface area (Å²) in [4.78, 5) is 0. The quantitative estimate of drug-likeness (QED) is 0.606. The van der Waals surface area contributed by atoms with Crippen LogP contribution in [0.5, 0.6) is 5.75 Å². The molecule has 0 aliphatic carbocycles. The van der Waals surface area contributed by atoms with Crippen molar-refractivity contribution in [2.24, 2.45) is 0 Å². The van der Waals surface area contributed by atoms with E-state index in [9.17, 15) is 10.2 Å². The van der Waals surface area contributed by atoms with E-state index in [0.29, 0.717) is 17.1 Å². The summed E-state index contributed by atoms with van der Waals surface area (Å²) in [6, 6.07) is 23.9. The number of aromatic hydroxyl groups is 1. The molecule has 3 nitrogen and oxygen atoms in total. The van der Waals surface area contributed by atoms with Crippen LogP contribution in [-0.2, 0) is 6.54 Å². The molecule has 3 aromatic carbocycles. The average Bonchev–Trinajstić information content (AvgIpc) is 2.66. The third kappa shape index (κ3) is 4.40. The molecule has 0 saturated heterocycles. The molecule has 2 atom stereocenters. The normalized spacial score (nSPS) is 13.4. The van der Waals surface area contributed by atoms with Gasteiger partial charge in [-0.15, -0.1) is 0 Å². The van der Waals surface area contributed by atoms with E-state index in [1.165, 1.54) is 0 Å². The molecule has 0 aliphatic rings. The molecule has 0 spiro atoms. The zero-order valence-electron chi connectivity index (χ0n) is 13.6. The van der Waals surface area contributed by atoms with Crippen molar-refractivity contribution in [1.29, 1.82) is 0 Å². The predicted molar refractivity (Wildman–Crippen MR) is 101 cm³/mol. The van der Waals surface area contributed by atoms with Crippen LogP contribution in [0.25, 0.3) is 0 Å². The molecule has 0 radical (unpaired) electrons. The second kappa shape index (κ2) is 8.17. The molecule has 0 bridgehead atoms. The first-order valence-corrected chi connectivity index (χ1v) is 8.51. The Labute approximate surface area is 152 Å². The van der Waals surface area contributed by atoms with Gasteiger partial charge in [-0.2, -0.15) is 0 Å². The van der Waals surface area contributed by atoms with Gasteiger partial charge in [0.15, 0.2) is 0 Å². The molecule has 0 amide bonds. The fourth-order valence-corrected chi connectivity index (χ4v) is 3.03. The van der Waals surface area contributed by atoms with Gasteiger partial charge < -0.3 is 15.5 Å². The predicted octanol–water partition coefficient (Wildman–Crippen LogP) is 4.61. The topological polar surface area (TPSA) is 52.5 Å². The maximum absolute atomic E-state index is 10.9. The van der Waals surface area contributed by atoms with Crippen LogP contribution in [0, 0.1) is 0 Å². The van der Waals surface area contributed by atoms with E-state index in [0.717, 1.165) is 11.1 Å². The van der Waals surface area contributed by atoms with Crippen molar-refractivity contribution in [3.05, 3.63) is 101 Å². The molecule has 0 fully saturated rings. The van der Waals surface area contributed by atoms with Crippen molar-refractivity contribution in [1.82, 2.24) is 5.32 Å². The highest BCUT2D eigenvalue weighted by atomic mass is 35.5. The molecule has 128 valence electrons. The fraction of sp³-hybridized carbons (Fsp3) is 0.143. The molecule has 3 rings (SSSR count). The Balaban J connectivity index is 1.85. The number of halogens is 1. The molecule has 25 heavy (non-hydrogen) atoms. The molecular formula is C21H20ClNO2. The lowest BCUT2D eigenvalue weighted by atomic mass is 9.95. The van der Waals surface area contributed by atoms with E-state index in [4.69, 9.17) is 11.6 Å². The first kappa shape index (κ1) is 17.5. The molecule has 0 aromatic heterocycles. The number of phenols is 1. The van der Waals surface area contributed by atoms with Gasteiger partial charge in [-0.25, -0.2) is 0 Å². The van der Waals surface area contributed by atoms with Crippen LogP contribution in [0.1, 0.15) is 28.8 Å². The largest absolute Gasteiger partial charge is 0.508 e. The highest BCUT2D eigenvalue weighted by molar-refractivity contribution is 6.30. The van der Waals surface area contributed by atoms with Crippen LogP contribution in [0.4, 0.5) is 0 Å². The third-order valence-corrected chi connectivity index (χ3v) is 4.40. The van der Waals surface area contributed by atoms with E-state index in [1.807, 2.05) is 60.7 Å². The minimum atomic E-state index is -0.718. The van der Waals surface area contributed by atoms with E-state index in [2.05, 4.69) is 5.32 Å². The zero-order chi connectivity index (χ0) is 17.6. The maximum atomic E-state index is 10.9. The number of hydrogen-bond acceptors (Lipinski definition) is 3. The van der Waals surface area contributed by atoms with Gasteiger partial charge in [0.25, 0.3) is 0 Å². The van der Waals surface area contributed by atoms with Crippen LogP contribution in [-0.4, -0.2) is 10.2 Å². The second-order valence-corrected chi connectivity index (χ2v) is 6.33. The Morgan fingerprint density at radius 1 is 0.840 bits per heavy atom. The molecule has 0 aliphatic heterocycles. The van der Waals surface area contributed by atoms with Gasteiger partial charge in [0.05, 0.1) is 12.1 Å². The van der Waals surface area contributed by atoms with Crippen LogP contribution in [0.3, 0.4) is 0 Å². The lowest BCUT2D eigenvalue weighted by Crippen LogP contribution is -2.27. The highest BCUT2D eigenvalue weighted by Crippen LogP contribution is 2.30. The Kier molecular flexibility index (Phi) is 5.71. The van der Waals surface area contributed by atoms with Gasteiger partial charge in [0.1, 0.15) is 5.75 Å². The zero-order valence-corrected chi connectivity index (χ0v) is 14.4. The van der Waals surface area contributed by atoms with Crippen LogP contribution in [0.15, 0.2) is 78.9 Å². The molecule has 3 aromatic rings. The molecule has 0 unspecified atom stereocenters. The summed E-state index contributed by atoms with van der Waals surface area (Å²) in [6.07, 6.45) is -0.718. The summed E-state index contributed by atoms with van der Waals surface area (Å²) in [5.41, 5.74) is 2.49. The molecule has 4 heteroatoms. The van der Waals surface area contributed by atoms with Crippen LogP contribution >= 0.6 is 11.6 Å². The minimum absolute atomic E-state index is 0.179. The summed E-state index contributed by atoms with van der Waals surface area (Å²) in [5, 5.41) is 24.8. The second-order valence-electron chi connectivity index (χ2n) is 5.90. The lowest BCUT2D eigenvalue weighted by molar-refractivity contribution is 0.127. The monoisotopic (exact) mass is 353 g/mol. The lowest BCUT2D eigenvalue weighted by Gasteiger charge is -2.25. The van der Waals surface area contributed by atoms with E-state index < -0.39 is 6.10 Å². The number of rotatable bonds is 6. The minimum Gasteiger partial charge on any atom is -0.508 e. The molecule has 3 N–H and O–H groups in total. The van der Waals surface area contributed by atoms with Gasteiger partial charge >= 0.3 is 0 Å². The van der Waals surface area contributed by atoms with Crippen molar-refractivity contribution in [3.63, 3.8) is 0 Å². The van der Waals surface area contributed by atoms with Crippen LogP contribution < -0.4 is 5.32 Å². The van der Waals surface area contributed by atoms with Crippen molar-refractivity contribution < 1.29 is 10.2 Å². The summed E-state index contributed by atoms with van der Waals surface area (Å²) in [6.45, 7) is 0.385. The van der Waals surface area contributed by atoms with Crippen molar-refractivity contribution in [2.75, 3.05) is 0 Å². The van der Waals surface area contributed by atoms with Gasteiger partial charge in [0, 0.05) is 17.1 Å². The Bertz CT molecular complexity index is 809. The SMILES string of the molecule is Oc1ccc(Cl)cc1CN[C@@H](c1ccccc1)[C@H](O)c1ccccc1. The number of aliphatic hydroxyl groups is 1. The molecular weight excluding hydrogens is 334 g/mol. The number of hydrogen-bond donors (Lipinski definition) is 3. The molecule has 0 heterocycles. The Morgan fingerprint density at radius 3 is 2.08 bits per heavy atom. The first-order chi connectivity index (χ1) is 12.1. The standard InChI is InChI=1S/C21H20ClNO2/c22-18-11-12-19(24)17(13-18)14-23-20(15-7-3-1-4-8-15)21(25)16-9-5-2-6-10-16/h1-13,20-21,23-25H,14H2/t20-,21+/m0/s1. The Morgan fingerprint density at radius 2 is 1.44 bits per heavy atom. The van der Waals surface area contributed by atoms with Crippen molar-refractivity contribution >= 4 is 11.6 Å². The summed E-state index contributed by atoms with van der Waals surface area (Å²) >= 11 is 6.02. The number of aliphatic hydroxyl groups excluding tert-OH is 1. The number of phenolic OH excluding ortho intramolecular Hbond substituents is 1. The van der Waals surface area contributed by atoms with Gasteiger partial charge in [-0.1, -0.05) is 72.3 Å². The first-order valence-electron chi connectivity index (χ1n) is 8.14. The smallest absolute Gasteiger partial charge is 0.120 e. The summed E-state index contributed by atoms with van der Waals surface area (Å²) in [5.74, 6) is 0.179. The number of benzene rings is 3. The Hall–Kier alpha value is -2.33. The van der Waals surface area contributed by atoms with Gasteiger partial charge in [-0.3, -0.25) is 0 Å². The highest BCUT2D eigenvalue weighted by Gasteiger charge is 2.22. The molecule has 0 saturated carbocycles. The summed E-state index contributed by atoms with van der Waals surface area (Å²) < 4.78 is 0.